The van der Waals surface area contributed by atoms with E-state index in [2.05, 4.69) is 47.1 Å². The fraction of sp³-hybridized carbons (Fsp3) is 0.600. The summed E-state index contributed by atoms with van der Waals surface area (Å²) in [7, 11) is 3.13. The predicted molar refractivity (Wildman–Crippen MR) is 171 cm³/mol. The van der Waals surface area contributed by atoms with Gasteiger partial charge in [-0.1, -0.05) is 73.4 Å². The minimum absolute atomic E-state index is 0.0613. The summed E-state index contributed by atoms with van der Waals surface area (Å²) < 4.78 is 10.4. The molecule has 0 aliphatic carbocycles. The van der Waals surface area contributed by atoms with Crippen molar-refractivity contribution < 1.29 is 19.1 Å². The van der Waals surface area contributed by atoms with E-state index in [0.29, 0.717) is 17.4 Å². The van der Waals surface area contributed by atoms with Gasteiger partial charge in [0.1, 0.15) is 11.4 Å². The molecule has 0 bridgehead atoms. The molecular weight excluding hydrogens is 640 g/mol. The molecule has 0 saturated carbocycles. The Balaban J connectivity index is 0.000000340. The molecule has 0 saturated heterocycles. The predicted octanol–water partition coefficient (Wildman–Crippen LogP) is 7.44. The molecule has 2 aromatic rings. The number of amides is 2. The number of rotatable bonds is 6. The number of aryl methyl sites for hydroxylation is 1. The summed E-state index contributed by atoms with van der Waals surface area (Å²) in [5, 5.41) is 5.05. The number of nitrogens with zero attached hydrogens (tertiary/aromatic N) is 3. The van der Waals surface area contributed by atoms with E-state index in [1.54, 1.807) is 31.6 Å². The van der Waals surface area contributed by atoms with Crippen molar-refractivity contribution in [3.05, 3.63) is 36.2 Å². The van der Waals surface area contributed by atoms with Crippen molar-refractivity contribution in [2.45, 2.75) is 73.6 Å². The highest BCUT2D eigenvalue weighted by Gasteiger charge is 2.32. The first kappa shape index (κ1) is 35.8. The minimum Gasteiger partial charge on any atom is -0.480 e. The number of anilines is 2. The maximum absolute atomic E-state index is 12.6. The van der Waals surface area contributed by atoms with Gasteiger partial charge in [0.05, 0.1) is 14.2 Å². The first-order valence-electron chi connectivity index (χ1n) is 13.6. The average Bonchev–Trinajstić information content (AvgIpc) is 3.14. The summed E-state index contributed by atoms with van der Waals surface area (Å²) in [6.07, 6.45) is 9.01. The number of halogens is 2. The van der Waals surface area contributed by atoms with Gasteiger partial charge in [-0.3, -0.25) is 9.59 Å². The standard InChI is InChI=1S/C15H22N2O2.C11H16N2O2.C4H8Br2/c1-15(2,3)14(18)17-10-6-5-7-11-8-9-16-13(19-4)12(11)17;1-11(2,3)10(14)13-8-6-5-7-12-9(8)15-4;5-3-1-2-4-6/h8-9H,5-7,10H2,1-4H3;5-7H,1-4H3,(H,13,14);1-4H2. The molecule has 0 unspecified atom stereocenters. The number of alkyl halides is 2. The van der Waals surface area contributed by atoms with Gasteiger partial charge in [0, 0.05) is 40.4 Å². The van der Waals surface area contributed by atoms with Crippen LogP contribution in [0.15, 0.2) is 30.6 Å². The molecule has 0 aromatic carbocycles. The Labute approximate surface area is 257 Å². The number of pyridine rings is 2. The zero-order valence-corrected chi connectivity index (χ0v) is 28.4. The number of methoxy groups -OCH3 is 2. The van der Waals surface area contributed by atoms with Crippen molar-refractivity contribution >= 4 is 55.0 Å². The molecule has 40 heavy (non-hydrogen) atoms. The van der Waals surface area contributed by atoms with E-state index in [9.17, 15) is 9.59 Å². The molecule has 0 fully saturated rings. The average molecular weight is 687 g/mol. The molecule has 0 radical (unpaired) electrons. The lowest BCUT2D eigenvalue weighted by Gasteiger charge is -2.30. The van der Waals surface area contributed by atoms with Crippen LogP contribution < -0.4 is 19.7 Å². The summed E-state index contributed by atoms with van der Waals surface area (Å²) >= 11 is 6.66. The van der Waals surface area contributed by atoms with Crippen LogP contribution in [0.25, 0.3) is 0 Å². The molecule has 10 heteroatoms. The zero-order valence-electron chi connectivity index (χ0n) is 25.3. The Kier molecular flexibility index (Phi) is 15.7. The van der Waals surface area contributed by atoms with E-state index >= 15 is 0 Å². The van der Waals surface area contributed by atoms with Gasteiger partial charge >= 0.3 is 0 Å². The number of fused-ring (bicyclic) bond motifs is 1. The topological polar surface area (TPSA) is 93.7 Å². The molecule has 0 spiro atoms. The molecule has 2 aromatic heterocycles. The number of carbonyl (C=O) groups is 2. The van der Waals surface area contributed by atoms with Crippen LogP contribution in [0.1, 0.15) is 72.8 Å². The highest BCUT2D eigenvalue weighted by Crippen LogP contribution is 2.36. The minimum atomic E-state index is -0.430. The summed E-state index contributed by atoms with van der Waals surface area (Å²) in [4.78, 5) is 34.5. The number of ether oxygens (including phenoxy) is 2. The lowest BCUT2D eigenvalue weighted by molar-refractivity contribution is -0.126. The van der Waals surface area contributed by atoms with Gasteiger partial charge in [0.25, 0.3) is 0 Å². The maximum Gasteiger partial charge on any atom is 0.238 e. The Bertz CT molecular complexity index is 1060. The van der Waals surface area contributed by atoms with Gasteiger partial charge in [0.15, 0.2) is 0 Å². The molecule has 2 amide bonds. The number of hydrogen-bond donors (Lipinski definition) is 1. The van der Waals surface area contributed by atoms with Crippen LogP contribution in [-0.2, 0) is 16.0 Å². The highest BCUT2D eigenvalue weighted by molar-refractivity contribution is 9.09. The first-order chi connectivity index (χ1) is 18.8. The summed E-state index contributed by atoms with van der Waals surface area (Å²) in [5.74, 6) is 1.04. The third-order valence-electron chi connectivity index (χ3n) is 5.81. The Hall–Kier alpha value is -2.20. The van der Waals surface area contributed by atoms with Crippen LogP contribution >= 0.6 is 31.9 Å². The molecule has 1 N–H and O–H groups in total. The summed E-state index contributed by atoms with van der Waals surface area (Å²) in [6.45, 7) is 12.1. The van der Waals surface area contributed by atoms with Crippen molar-refractivity contribution in [3.8, 4) is 11.8 Å². The van der Waals surface area contributed by atoms with Crippen LogP contribution in [0, 0.1) is 10.8 Å². The fourth-order valence-electron chi connectivity index (χ4n) is 3.56. The van der Waals surface area contributed by atoms with E-state index in [0.717, 1.165) is 47.7 Å². The number of unbranched alkanes of at least 4 members (excludes halogenated alkanes) is 1. The quantitative estimate of drug-likeness (QED) is 0.251. The molecular formula is C30H46Br2N4O4. The fourth-order valence-corrected chi connectivity index (χ4v) is 4.36. The van der Waals surface area contributed by atoms with Crippen molar-refractivity contribution in [1.29, 1.82) is 0 Å². The molecule has 3 heterocycles. The summed E-state index contributed by atoms with van der Waals surface area (Å²) in [6, 6.07) is 5.50. The van der Waals surface area contributed by atoms with E-state index in [-0.39, 0.29) is 11.8 Å². The zero-order chi connectivity index (χ0) is 30.3. The van der Waals surface area contributed by atoms with Crippen LogP contribution in [-0.4, -0.2) is 53.2 Å². The van der Waals surface area contributed by atoms with Crippen molar-refractivity contribution in [1.82, 2.24) is 9.97 Å². The third kappa shape index (κ3) is 11.7. The second-order valence-electron chi connectivity index (χ2n) is 11.3. The SMILES string of the molecule is BrCCCCBr.COc1nccc2c1N(C(=O)C(C)(C)C)CCCC2.COc1ncccc1NC(=O)C(C)(C)C. The highest BCUT2D eigenvalue weighted by atomic mass is 79.9. The van der Waals surface area contributed by atoms with Gasteiger partial charge in [-0.25, -0.2) is 9.97 Å². The van der Waals surface area contributed by atoms with Crippen LogP contribution in [0.4, 0.5) is 11.4 Å². The second kappa shape index (κ2) is 17.6. The van der Waals surface area contributed by atoms with Crippen LogP contribution in [0.5, 0.6) is 11.8 Å². The van der Waals surface area contributed by atoms with E-state index in [1.807, 2.05) is 52.5 Å². The lowest BCUT2D eigenvalue weighted by Crippen LogP contribution is -2.40. The van der Waals surface area contributed by atoms with Crippen LogP contribution in [0.2, 0.25) is 0 Å². The molecule has 3 rings (SSSR count). The van der Waals surface area contributed by atoms with Gasteiger partial charge in [0.2, 0.25) is 23.6 Å². The number of aromatic nitrogens is 2. The molecule has 1 aliphatic heterocycles. The first-order valence-corrected chi connectivity index (χ1v) is 15.8. The van der Waals surface area contributed by atoms with E-state index in [4.69, 9.17) is 9.47 Å². The maximum atomic E-state index is 12.6. The van der Waals surface area contributed by atoms with Crippen LogP contribution in [0.3, 0.4) is 0 Å². The monoisotopic (exact) mass is 684 g/mol. The Morgan fingerprint density at radius 2 is 1.50 bits per heavy atom. The van der Waals surface area contributed by atoms with E-state index in [1.165, 1.54) is 20.0 Å². The van der Waals surface area contributed by atoms with Crippen molar-refractivity contribution in [2.24, 2.45) is 10.8 Å². The van der Waals surface area contributed by atoms with Crippen molar-refractivity contribution in [2.75, 3.05) is 41.6 Å². The lowest BCUT2D eigenvalue weighted by atomic mass is 9.94. The van der Waals surface area contributed by atoms with Gasteiger partial charge in [-0.05, 0) is 55.9 Å². The number of nitrogens with one attached hydrogen (secondary N) is 1. The number of hydrogen-bond acceptors (Lipinski definition) is 6. The third-order valence-corrected chi connectivity index (χ3v) is 6.93. The Morgan fingerprint density at radius 1 is 0.900 bits per heavy atom. The molecule has 8 nitrogen and oxygen atoms in total. The smallest absolute Gasteiger partial charge is 0.238 e. The molecule has 0 atom stereocenters. The van der Waals surface area contributed by atoms with Crippen molar-refractivity contribution in [3.63, 3.8) is 0 Å². The normalized spacial score (nSPS) is 12.9. The van der Waals surface area contributed by atoms with Gasteiger partial charge in [-0.2, -0.15) is 0 Å². The largest absolute Gasteiger partial charge is 0.480 e. The van der Waals surface area contributed by atoms with Gasteiger partial charge < -0.3 is 19.7 Å². The van der Waals surface area contributed by atoms with Gasteiger partial charge in [-0.15, -0.1) is 0 Å². The Morgan fingerprint density at radius 3 is 2.02 bits per heavy atom. The van der Waals surface area contributed by atoms with E-state index < -0.39 is 10.8 Å². The molecule has 224 valence electrons. The second-order valence-corrected chi connectivity index (χ2v) is 12.9. The number of carbonyl (C=O) groups excluding carboxylic acids is 2. The summed E-state index contributed by atoms with van der Waals surface area (Å²) in [5.41, 5.74) is 1.79. The molecule has 1 aliphatic rings.